The normalized spacial score (nSPS) is 14.7. The van der Waals surface area contributed by atoms with Crippen molar-refractivity contribution in [1.82, 2.24) is 24.9 Å². The summed E-state index contributed by atoms with van der Waals surface area (Å²) < 4.78 is 1.68. The molecule has 0 saturated carbocycles. The van der Waals surface area contributed by atoms with Gasteiger partial charge in [-0.1, -0.05) is 6.07 Å². The van der Waals surface area contributed by atoms with Crippen molar-refractivity contribution in [2.24, 2.45) is 7.05 Å². The number of carbonyl (C=O) groups is 1. The highest BCUT2D eigenvalue weighted by molar-refractivity contribution is 7.13. The molecular weight excluding hydrogens is 348 g/mol. The quantitative estimate of drug-likeness (QED) is 0.709. The average molecular weight is 368 g/mol. The molecular formula is C18H20N6OS. The molecule has 134 valence electrons. The van der Waals surface area contributed by atoms with E-state index in [4.69, 9.17) is 0 Å². The first-order chi connectivity index (χ1) is 12.6. The van der Waals surface area contributed by atoms with Crippen LogP contribution in [0.25, 0.3) is 10.6 Å². The van der Waals surface area contributed by atoms with Crippen molar-refractivity contribution < 1.29 is 4.79 Å². The van der Waals surface area contributed by atoms with Gasteiger partial charge in [-0.2, -0.15) is 10.2 Å². The first-order valence-electron chi connectivity index (χ1n) is 8.54. The Labute approximate surface area is 155 Å². The summed E-state index contributed by atoms with van der Waals surface area (Å²) in [7, 11) is 1.82. The van der Waals surface area contributed by atoms with E-state index in [0.29, 0.717) is 18.8 Å². The number of anilines is 1. The highest BCUT2D eigenvalue weighted by Gasteiger charge is 2.25. The summed E-state index contributed by atoms with van der Waals surface area (Å²) in [5.41, 5.74) is 2.37. The minimum absolute atomic E-state index is 0.0254. The summed E-state index contributed by atoms with van der Waals surface area (Å²) in [5.74, 6) is 0.890. The predicted molar refractivity (Wildman–Crippen MR) is 101 cm³/mol. The highest BCUT2D eigenvalue weighted by atomic mass is 32.1. The van der Waals surface area contributed by atoms with Crippen LogP contribution in [0.5, 0.6) is 0 Å². The first kappa shape index (κ1) is 16.7. The average Bonchev–Trinajstić information content (AvgIpc) is 3.31. The summed E-state index contributed by atoms with van der Waals surface area (Å²) in [5, 5.41) is 14.9. The van der Waals surface area contributed by atoms with Crippen LogP contribution in [0.2, 0.25) is 0 Å². The molecule has 1 amide bonds. The number of hydrogen-bond donors (Lipinski definition) is 0. The van der Waals surface area contributed by atoms with Gasteiger partial charge in [0, 0.05) is 33.2 Å². The van der Waals surface area contributed by atoms with Gasteiger partial charge in [0.25, 0.3) is 5.91 Å². The SMILES string of the molecule is Cc1ccc(N2CCN(C(=O)c3cc(-c4cccs4)nn3C)CC2)nn1. The second-order valence-corrected chi connectivity index (χ2v) is 7.28. The summed E-state index contributed by atoms with van der Waals surface area (Å²) in [6.07, 6.45) is 0. The number of piperazine rings is 1. The Morgan fingerprint density at radius 1 is 1.12 bits per heavy atom. The smallest absolute Gasteiger partial charge is 0.272 e. The van der Waals surface area contributed by atoms with Crippen LogP contribution >= 0.6 is 11.3 Å². The molecule has 3 aromatic heterocycles. The number of rotatable bonds is 3. The number of thiophene rings is 1. The van der Waals surface area contributed by atoms with E-state index >= 15 is 0 Å². The van der Waals surface area contributed by atoms with Crippen molar-refractivity contribution >= 4 is 23.1 Å². The molecule has 0 atom stereocenters. The van der Waals surface area contributed by atoms with Gasteiger partial charge in [-0.15, -0.1) is 16.4 Å². The molecule has 0 unspecified atom stereocenters. The zero-order valence-electron chi connectivity index (χ0n) is 14.8. The molecule has 7 nitrogen and oxygen atoms in total. The monoisotopic (exact) mass is 368 g/mol. The second kappa shape index (κ2) is 6.87. The third-order valence-corrected chi connectivity index (χ3v) is 5.44. The van der Waals surface area contributed by atoms with Gasteiger partial charge in [-0.05, 0) is 36.6 Å². The van der Waals surface area contributed by atoms with Gasteiger partial charge in [-0.25, -0.2) is 0 Å². The fourth-order valence-electron chi connectivity index (χ4n) is 3.07. The highest BCUT2D eigenvalue weighted by Crippen LogP contribution is 2.24. The lowest BCUT2D eigenvalue weighted by Crippen LogP contribution is -2.49. The number of aromatic nitrogens is 4. The molecule has 1 aliphatic heterocycles. The Balaban J connectivity index is 1.44. The van der Waals surface area contributed by atoms with Gasteiger partial charge in [0.2, 0.25) is 0 Å². The van der Waals surface area contributed by atoms with Gasteiger partial charge < -0.3 is 9.80 Å². The van der Waals surface area contributed by atoms with E-state index in [1.807, 2.05) is 54.6 Å². The van der Waals surface area contributed by atoms with E-state index in [-0.39, 0.29) is 5.91 Å². The maximum absolute atomic E-state index is 12.9. The van der Waals surface area contributed by atoms with Crippen LogP contribution in [0.3, 0.4) is 0 Å². The lowest BCUT2D eigenvalue weighted by atomic mass is 10.2. The molecule has 26 heavy (non-hydrogen) atoms. The van der Waals surface area contributed by atoms with E-state index in [0.717, 1.165) is 35.2 Å². The van der Waals surface area contributed by atoms with Gasteiger partial charge >= 0.3 is 0 Å². The molecule has 3 aromatic rings. The topological polar surface area (TPSA) is 67.2 Å². The van der Waals surface area contributed by atoms with E-state index in [2.05, 4.69) is 20.2 Å². The van der Waals surface area contributed by atoms with Crippen molar-refractivity contribution in [2.45, 2.75) is 6.92 Å². The molecule has 0 radical (unpaired) electrons. The number of nitrogens with zero attached hydrogens (tertiary/aromatic N) is 6. The Kier molecular flexibility index (Phi) is 4.42. The molecule has 0 aliphatic carbocycles. The molecule has 1 fully saturated rings. The van der Waals surface area contributed by atoms with Crippen LogP contribution in [0.1, 0.15) is 16.2 Å². The fourth-order valence-corrected chi connectivity index (χ4v) is 3.75. The minimum atomic E-state index is 0.0254. The maximum Gasteiger partial charge on any atom is 0.272 e. The van der Waals surface area contributed by atoms with Crippen LogP contribution in [0.4, 0.5) is 5.82 Å². The molecule has 0 aromatic carbocycles. The van der Waals surface area contributed by atoms with Gasteiger partial charge in [0.15, 0.2) is 5.82 Å². The summed E-state index contributed by atoms with van der Waals surface area (Å²) >= 11 is 1.62. The van der Waals surface area contributed by atoms with E-state index in [1.165, 1.54) is 0 Å². The van der Waals surface area contributed by atoms with Crippen LogP contribution in [-0.2, 0) is 7.05 Å². The molecule has 4 heterocycles. The van der Waals surface area contributed by atoms with Crippen LogP contribution in [0, 0.1) is 6.92 Å². The van der Waals surface area contributed by atoms with Crippen LogP contribution < -0.4 is 4.90 Å². The number of aryl methyl sites for hydroxylation is 2. The van der Waals surface area contributed by atoms with Crippen LogP contribution in [-0.4, -0.2) is 57.0 Å². The standard InChI is InChI=1S/C18H20N6OS/c1-13-5-6-17(20-19-13)23-7-9-24(10-8-23)18(25)15-12-14(21-22(15)2)16-4-3-11-26-16/h3-6,11-12H,7-10H2,1-2H3. The van der Waals surface area contributed by atoms with Gasteiger partial charge in [0.05, 0.1) is 10.6 Å². The van der Waals surface area contributed by atoms with Crippen molar-refractivity contribution in [1.29, 1.82) is 0 Å². The van der Waals surface area contributed by atoms with E-state index in [1.54, 1.807) is 16.0 Å². The summed E-state index contributed by atoms with van der Waals surface area (Å²) in [6, 6.07) is 9.83. The Bertz CT molecular complexity index is 894. The summed E-state index contributed by atoms with van der Waals surface area (Å²) in [4.78, 5) is 18.0. The zero-order chi connectivity index (χ0) is 18.1. The molecule has 8 heteroatoms. The third kappa shape index (κ3) is 3.20. The van der Waals surface area contributed by atoms with Gasteiger partial charge in [-0.3, -0.25) is 9.48 Å². The molecule has 1 saturated heterocycles. The number of carbonyl (C=O) groups excluding carboxylic acids is 1. The minimum Gasteiger partial charge on any atom is -0.352 e. The molecule has 0 bridgehead atoms. The lowest BCUT2D eigenvalue weighted by molar-refractivity contribution is 0.0735. The molecule has 1 aliphatic rings. The largest absolute Gasteiger partial charge is 0.352 e. The maximum atomic E-state index is 12.9. The van der Waals surface area contributed by atoms with Crippen molar-refractivity contribution in [3.63, 3.8) is 0 Å². The Morgan fingerprint density at radius 3 is 2.58 bits per heavy atom. The van der Waals surface area contributed by atoms with E-state index < -0.39 is 0 Å². The molecule has 0 N–H and O–H groups in total. The van der Waals surface area contributed by atoms with E-state index in [9.17, 15) is 4.79 Å². The number of hydrogen-bond acceptors (Lipinski definition) is 6. The first-order valence-corrected chi connectivity index (χ1v) is 9.42. The van der Waals surface area contributed by atoms with Crippen molar-refractivity contribution in [3.8, 4) is 10.6 Å². The zero-order valence-corrected chi connectivity index (χ0v) is 15.6. The number of amides is 1. The second-order valence-electron chi connectivity index (χ2n) is 6.33. The predicted octanol–water partition coefficient (Wildman–Crippen LogP) is 2.21. The molecule has 0 spiro atoms. The lowest BCUT2D eigenvalue weighted by Gasteiger charge is -2.35. The summed E-state index contributed by atoms with van der Waals surface area (Å²) in [6.45, 7) is 4.74. The van der Waals surface area contributed by atoms with Crippen LogP contribution in [0.15, 0.2) is 35.7 Å². The van der Waals surface area contributed by atoms with Crippen molar-refractivity contribution in [3.05, 3.63) is 47.1 Å². The third-order valence-electron chi connectivity index (χ3n) is 4.55. The molecule has 4 rings (SSSR count). The Morgan fingerprint density at radius 2 is 1.92 bits per heavy atom. The fraction of sp³-hybridized carbons (Fsp3) is 0.333. The van der Waals surface area contributed by atoms with Gasteiger partial charge in [0.1, 0.15) is 11.4 Å². The van der Waals surface area contributed by atoms with Crippen molar-refractivity contribution in [2.75, 3.05) is 31.1 Å². The Hall–Kier alpha value is -2.74.